The minimum atomic E-state index is 0.191. The SMILES string of the molecule is NC1CCN(c2nc(-c3n[nH]c4cnc(-c5cccnc5)cc34)ccc2Br)C1. The Morgan fingerprint density at radius 1 is 1.18 bits per heavy atom. The topological polar surface area (TPSA) is 96.6 Å². The molecule has 4 aromatic rings. The Bertz CT molecular complexity index is 1140. The van der Waals surface area contributed by atoms with E-state index in [9.17, 15) is 0 Å². The maximum Gasteiger partial charge on any atom is 0.143 e. The van der Waals surface area contributed by atoms with Gasteiger partial charge in [0.2, 0.25) is 0 Å². The first-order chi connectivity index (χ1) is 13.7. The van der Waals surface area contributed by atoms with Crippen LogP contribution in [0.25, 0.3) is 33.5 Å². The molecule has 4 aromatic heterocycles. The largest absolute Gasteiger partial charge is 0.354 e. The van der Waals surface area contributed by atoms with Crippen LogP contribution in [0.15, 0.2) is 53.4 Å². The van der Waals surface area contributed by atoms with Gasteiger partial charge in [-0.05, 0) is 52.7 Å². The van der Waals surface area contributed by atoms with Crippen LogP contribution in [0.4, 0.5) is 5.82 Å². The summed E-state index contributed by atoms with van der Waals surface area (Å²) >= 11 is 3.63. The second kappa shape index (κ2) is 6.96. The lowest BCUT2D eigenvalue weighted by Gasteiger charge is -2.19. The van der Waals surface area contributed by atoms with Crippen molar-refractivity contribution in [1.29, 1.82) is 0 Å². The average molecular weight is 436 g/mol. The summed E-state index contributed by atoms with van der Waals surface area (Å²) in [6.45, 7) is 1.72. The van der Waals surface area contributed by atoms with Crippen LogP contribution in [0.1, 0.15) is 6.42 Å². The van der Waals surface area contributed by atoms with Crippen molar-refractivity contribution in [3.63, 3.8) is 0 Å². The van der Waals surface area contributed by atoms with E-state index in [0.717, 1.165) is 63.3 Å². The number of nitrogens with zero attached hydrogens (tertiary/aromatic N) is 5. The summed E-state index contributed by atoms with van der Waals surface area (Å²) in [7, 11) is 0. The van der Waals surface area contributed by atoms with Gasteiger partial charge in [-0.25, -0.2) is 4.98 Å². The number of hydrogen-bond donors (Lipinski definition) is 2. The molecular formula is C20H18BrN7. The van der Waals surface area contributed by atoms with Crippen molar-refractivity contribution in [3.05, 3.63) is 53.4 Å². The first kappa shape index (κ1) is 17.3. The molecule has 8 heteroatoms. The second-order valence-corrected chi connectivity index (χ2v) is 7.78. The van der Waals surface area contributed by atoms with Gasteiger partial charge in [0.15, 0.2) is 0 Å². The third-order valence-electron chi connectivity index (χ3n) is 5.00. The van der Waals surface area contributed by atoms with Crippen LogP contribution < -0.4 is 10.6 Å². The zero-order valence-electron chi connectivity index (χ0n) is 15.0. The highest BCUT2D eigenvalue weighted by Gasteiger charge is 2.23. The van der Waals surface area contributed by atoms with E-state index in [1.54, 1.807) is 18.6 Å². The van der Waals surface area contributed by atoms with Gasteiger partial charge in [0.1, 0.15) is 11.5 Å². The monoisotopic (exact) mass is 435 g/mol. The van der Waals surface area contributed by atoms with E-state index in [4.69, 9.17) is 10.7 Å². The fourth-order valence-corrected chi connectivity index (χ4v) is 4.02. The van der Waals surface area contributed by atoms with Crippen LogP contribution in [0, 0.1) is 0 Å². The molecule has 5 heterocycles. The molecule has 0 bridgehead atoms. The van der Waals surface area contributed by atoms with E-state index in [1.807, 2.05) is 30.3 Å². The molecule has 0 aromatic carbocycles. The maximum absolute atomic E-state index is 6.08. The van der Waals surface area contributed by atoms with Crippen molar-refractivity contribution in [3.8, 4) is 22.6 Å². The predicted octanol–water partition coefficient (Wildman–Crippen LogP) is 3.38. The van der Waals surface area contributed by atoms with Gasteiger partial charge in [-0.3, -0.25) is 15.1 Å². The summed E-state index contributed by atoms with van der Waals surface area (Å²) in [5.74, 6) is 0.906. The summed E-state index contributed by atoms with van der Waals surface area (Å²) in [5, 5.41) is 8.55. The minimum Gasteiger partial charge on any atom is -0.354 e. The molecule has 1 fully saturated rings. The van der Waals surface area contributed by atoms with Gasteiger partial charge >= 0.3 is 0 Å². The zero-order chi connectivity index (χ0) is 19.1. The molecule has 1 atom stereocenters. The van der Waals surface area contributed by atoms with Gasteiger partial charge in [0.05, 0.1) is 27.6 Å². The number of halogens is 1. The molecule has 0 saturated carbocycles. The van der Waals surface area contributed by atoms with Crippen LogP contribution in [0.2, 0.25) is 0 Å². The normalized spacial score (nSPS) is 16.8. The van der Waals surface area contributed by atoms with E-state index in [-0.39, 0.29) is 6.04 Å². The van der Waals surface area contributed by atoms with Crippen molar-refractivity contribution in [2.75, 3.05) is 18.0 Å². The van der Waals surface area contributed by atoms with Gasteiger partial charge in [0.25, 0.3) is 0 Å². The number of pyridine rings is 3. The van der Waals surface area contributed by atoms with Crippen molar-refractivity contribution < 1.29 is 0 Å². The van der Waals surface area contributed by atoms with Crippen LogP contribution >= 0.6 is 15.9 Å². The standard InChI is InChI=1S/C20H18BrN7/c21-15-3-4-16(25-20(15)28-7-5-13(22)11-28)19-14-8-17(12-2-1-6-23-9-12)24-10-18(14)26-27-19/h1-4,6,8-10,13H,5,7,11,22H2,(H,26,27). The summed E-state index contributed by atoms with van der Waals surface area (Å²) in [5.41, 5.74) is 10.4. The molecule has 0 radical (unpaired) electrons. The maximum atomic E-state index is 6.08. The molecule has 1 unspecified atom stereocenters. The summed E-state index contributed by atoms with van der Waals surface area (Å²) < 4.78 is 0.961. The molecule has 3 N–H and O–H groups in total. The van der Waals surface area contributed by atoms with Crippen molar-refractivity contribution in [2.45, 2.75) is 12.5 Å². The first-order valence-corrected chi connectivity index (χ1v) is 9.90. The Balaban J connectivity index is 1.59. The van der Waals surface area contributed by atoms with E-state index < -0.39 is 0 Å². The van der Waals surface area contributed by atoms with Crippen LogP contribution in [-0.2, 0) is 0 Å². The Morgan fingerprint density at radius 3 is 2.89 bits per heavy atom. The number of aromatic amines is 1. The Hall–Kier alpha value is -2.84. The van der Waals surface area contributed by atoms with Crippen molar-refractivity contribution in [2.24, 2.45) is 5.73 Å². The third kappa shape index (κ3) is 3.04. The molecule has 5 rings (SSSR count). The number of rotatable bonds is 3. The lowest BCUT2D eigenvalue weighted by Crippen LogP contribution is -2.27. The number of H-pyrrole nitrogens is 1. The molecule has 1 aliphatic rings. The molecule has 140 valence electrons. The number of anilines is 1. The Morgan fingerprint density at radius 2 is 2.11 bits per heavy atom. The molecule has 0 spiro atoms. The predicted molar refractivity (Wildman–Crippen MR) is 113 cm³/mol. The third-order valence-corrected chi connectivity index (χ3v) is 5.62. The van der Waals surface area contributed by atoms with Crippen molar-refractivity contribution in [1.82, 2.24) is 25.1 Å². The van der Waals surface area contributed by atoms with Gasteiger partial charge in [-0.15, -0.1) is 0 Å². The molecule has 28 heavy (non-hydrogen) atoms. The summed E-state index contributed by atoms with van der Waals surface area (Å²) in [6.07, 6.45) is 6.33. The molecule has 1 aliphatic heterocycles. The van der Waals surface area contributed by atoms with E-state index in [2.05, 4.69) is 41.0 Å². The van der Waals surface area contributed by atoms with E-state index in [0.29, 0.717) is 0 Å². The first-order valence-electron chi connectivity index (χ1n) is 9.11. The lowest BCUT2D eigenvalue weighted by molar-refractivity contribution is 0.751. The number of fused-ring (bicyclic) bond motifs is 1. The quantitative estimate of drug-likeness (QED) is 0.511. The number of nitrogens with two attached hydrogens (primary N) is 1. The average Bonchev–Trinajstić information content (AvgIpc) is 3.35. The van der Waals surface area contributed by atoms with Crippen LogP contribution in [-0.4, -0.2) is 44.3 Å². The van der Waals surface area contributed by atoms with E-state index in [1.165, 1.54) is 0 Å². The van der Waals surface area contributed by atoms with E-state index >= 15 is 0 Å². The highest BCUT2D eigenvalue weighted by atomic mass is 79.9. The van der Waals surface area contributed by atoms with Gasteiger partial charge in [-0.1, -0.05) is 0 Å². The fourth-order valence-electron chi connectivity index (χ4n) is 3.55. The van der Waals surface area contributed by atoms with Crippen molar-refractivity contribution >= 4 is 32.7 Å². The smallest absolute Gasteiger partial charge is 0.143 e. The minimum absolute atomic E-state index is 0.191. The Kier molecular flexibility index (Phi) is 4.29. The fraction of sp³-hybridized carbons (Fsp3) is 0.200. The summed E-state index contributed by atoms with van der Waals surface area (Å²) in [6, 6.07) is 10.1. The van der Waals surface area contributed by atoms with Gasteiger partial charge in [0, 0.05) is 42.5 Å². The Labute approximate surface area is 170 Å². The summed E-state index contributed by atoms with van der Waals surface area (Å²) in [4.78, 5) is 15.8. The molecule has 0 amide bonds. The van der Waals surface area contributed by atoms with Gasteiger partial charge < -0.3 is 10.6 Å². The highest BCUT2D eigenvalue weighted by Crippen LogP contribution is 2.33. The van der Waals surface area contributed by atoms with Crippen LogP contribution in [0.3, 0.4) is 0 Å². The molecule has 7 nitrogen and oxygen atoms in total. The number of nitrogens with one attached hydrogen (secondary N) is 1. The number of hydrogen-bond acceptors (Lipinski definition) is 6. The number of aromatic nitrogens is 5. The van der Waals surface area contributed by atoms with Crippen LogP contribution in [0.5, 0.6) is 0 Å². The highest BCUT2D eigenvalue weighted by molar-refractivity contribution is 9.10. The van der Waals surface area contributed by atoms with Gasteiger partial charge in [-0.2, -0.15) is 5.10 Å². The molecule has 1 saturated heterocycles. The zero-order valence-corrected chi connectivity index (χ0v) is 16.6. The second-order valence-electron chi connectivity index (χ2n) is 6.93. The molecular weight excluding hydrogens is 418 g/mol. The molecule has 0 aliphatic carbocycles. The lowest BCUT2D eigenvalue weighted by atomic mass is 10.1.